The predicted octanol–water partition coefficient (Wildman–Crippen LogP) is 0.993. The number of carboxylic acids is 1. The van der Waals surface area contributed by atoms with Crippen LogP contribution in [0.15, 0.2) is 18.5 Å². The first-order valence-corrected chi connectivity index (χ1v) is 3.96. The average molecular weight is 201 g/mol. The lowest BCUT2D eigenvalue weighted by molar-refractivity contribution is -0.143. The van der Waals surface area contributed by atoms with Crippen molar-refractivity contribution in [3.8, 4) is 0 Å². The summed E-state index contributed by atoms with van der Waals surface area (Å²) < 4.78 is 0. The first kappa shape index (κ1) is 9.95. The predicted molar refractivity (Wildman–Crippen MR) is 48.4 cm³/mol. The van der Waals surface area contributed by atoms with Gasteiger partial charge in [-0.1, -0.05) is 11.6 Å². The van der Waals surface area contributed by atoms with E-state index in [9.17, 15) is 4.79 Å². The van der Waals surface area contributed by atoms with Gasteiger partial charge >= 0.3 is 5.97 Å². The lowest BCUT2D eigenvalue weighted by Gasteiger charge is -2.19. The van der Waals surface area contributed by atoms with E-state index in [0.29, 0.717) is 10.6 Å². The third-order valence-electron chi connectivity index (χ3n) is 1.77. The molecule has 1 heterocycles. The largest absolute Gasteiger partial charge is 0.480 e. The molecule has 0 amide bonds. The molecule has 4 nitrogen and oxygen atoms in total. The normalized spacial score (nSPS) is 15.0. The monoisotopic (exact) mass is 200 g/mol. The second-order valence-corrected chi connectivity index (χ2v) is 3.27. The van der Waals surface area contributed by atoms with E-state index in [0.717, 1.165) is 0 Å². The number of hydrogen-bond acceptors (Lipinski definition) is 3. The van der Waals surface area contributed by atoms with Crippen LogP contribution in [0.3, 0.4) is 0 Å². The van der Waals surface area contributed by atoms with E-state index in [1.807, 2.05) is 0 Å². The third kappa shape index (κ3) is 1.79. The van der Waals surface area contributed by atoms with Crippen molar-refractivity contribution < 1.29 is 9.90 Å². The van der Waals surface area contributed by atoms with E-state index in [4.69, 9.17) is 22.4 Å². The van der Waals surface area contributed by atoms with E-state index in [1.165, 1.54) is 25.4 Å². The summed E-state index contributed by atoms with van der Waals surface area (Å²) in [5, 5.41) is 9.12. The minimum Gasteiger partial charge on any atom is -0.480 e. The minimum atomic E-state index is -1.49. The molecule has 0 aromatic carbocycles. The molecule has 0 radical (unpaired) electrons. The third-order valence-corrected chi connectivity index (χ3v) is 2.10. The van der Waals surface area contributed by atoms with Crippen molar-refractivity contribution >= 4 is 17.6 Å². The molecular formula is C8H9ClN2O2. The first-order chi connectivity index (χ1) is 5.96. The Morgan fingerprint density at radius 2 is 2.38 bits per heavy atom. The fourth-order valence-electron chi connectivity index (χ4n) is 0.875. The van der Waals surface area contributed by atoms with Crippen LogP contribution >= 0.6 is 11.6 Å². The number of halogens is 1. The maximum Gasteiger partial charge on any atom is 0.328 e. The summed E-state index contributed by atoms with van der Waals surface area (Å²) in [4.78, 5) is 14.5. The van der Waals surface area contributed by atoms with Gasteiger partial charge in [0.1, 0.15) is 5.54 Å². The smallest absolute Gasteiger partial charge is 0.328 e. The van der Waals surface area contributed by atoms with Gasteiger partial charge in [0.15, 0.2) is 0 Å². The Kier molecular flexibility index (Phi) is 2.54. The van der Waals surface area contributed by atoms with Crippen molar-refractivity contribution in [3.63, 3.8) is 0 Å². The van der Waals surface area contributed by atoms with Gasteiger partial charge in [-0.3, -0.25) is 4.98 Å². The van der Waals surface area contributed by atoms with Gasteiger partial charge in [0.25, 0.3) is 0 Å². The molecule has 3 N–H and O–H groups in total. The SMILES string of the molecule is C[C@@](N)(C(=O)O)c1cnccc1Cl. The van der Waals surface area contributed by atoms with Crippen LogP contribution in [0.4, 0.5) is 0 Å². The van der Waals surface area contributed by atoms with E-state index in [2.05, 4.69) is 4.98 Å². The second-order valence-electron chi connectivity index (χ2n) is 2.86. The first-order valence-electron chi connectivity index (χ1n) is 3.58. The number of aromatic nitrogens is 1. The lowest BCUT2D eigenvalue weighted by atomic mass is 9.95. The zero-order valence-electron chi connectivity index (χ0n) is 6.99. The lowest BCUT2D eigenvalue weighted by Crippen LogP contribution is -2.42. The Morgan fingerprint density at radius 1 is 1.77 bits per heavy atom. The molecule has 0 unspecified atom stereocenters. The number of rotatable bonds is 2. The summed E-state index contributed by atoms with van der Waals surface area (Å²) in [7, 11) is 0. The van der Waals surface area contributed by atoms with Crippen LogP contribution in [0.2, 0.25) is 5.02 Å². The zero-order chi connectivity index (χ0) is 10.1. The summed E-state index contributed by atoms with van der Waals surface area (Å²) >= 11 is 5.77. The minimum absolute atomic E-state index is 0.308. The molecule has 0 aliphatic rings. The number of aliphatic carboxylic acids is 1. The number of nitrogens with zero attached hydrogens (tertiary/aromatic N) is 1. The van der Waals surface area contributed by atoms with Gasteiger partial charge in [0, 0.05) is 23.0 Å². The van der Waals surface area contributed by atoms with Gasteiger partial charge < -0.3 is 10.8 Å². The van der Waals surface area contributed by atoms with Crippen LogP contribution < -0.4 is 5.73 Å². The highest BCUT2D eigenvalue weighted by atomic mass is 35.5. The van der Waals surface area contributed by atoms with Crippen molar-refractivity contribution in [1.29, 1.82) is 0 Å². The molecule has 0 saturated heterocycles. The Labute approximate surface area is 80.3 Å². The molecule has 0 fully saturated rings. The molecule has 1 atom stereocenters. The molecule has 1 aromatic rings. The molecule has 70 valence electrons. The second kappa shape index (κ2) is 3.32. The summed E-state index contributed by atoms with van der Waals surface area (Å²) in [6.07, 6.45) is 2.83. The van der Waals surface area contributed by atoms with Crippen molar-refractivity contribution in [3.05, 3.63) is 29.0 Å². The topological polar surface area (TPSA) is 76.2 Å². The quantitative estimate of drug-likeness (QED) is 0.747. The molecule has 5 heteroatoms. The van der Waals surface area contributed by atoms with Gasteiger partial charge in [-0.15, -0.1) is 0 Å². The van der Waals surface area contributed by atoms with Gasteiger partial charge in [-0.05, 0) is 13.0 Å². The standard InChI is InChI=1S/C8H9ClN2O2/c1-8(10,7(12)13)5-4-11-3-2-6(5)9/h2-4H,10H2,1H3,(H,12,13)/t8-/m0/s1. The van der Waals surface area contributed by atoms with E-state index in [1.54, 1.807) is 0 Å². The van der Waals surface area contributed by atoms with Gasteiger partial charge in [-0.25, -0.2) is 4.79 Å². The van der Waals surface area contributed by atoms with E-state index < -0.39 is 11.5 Å². The van der Waals surface area contributed by atoms with Gasteiger partial charge in [-0.2, -0.15) is 0 Å². The van der Waals surface area contributed by atoms with Crippen molar-refractivity contribution in [1.82, 2.24) is 4.98 Å². The Morgan fingerprint density at radius 3 is 2.85 bits per heavy atom. The molecule has 13 heavy (non-hydrogen) atoms. The van der Waals surface area contributed by atoms with Crippen molar-refractivity contribution in [2.75, 3.05) is 0 Å². The van der Waals surface area contributed by atoms with E-state index in [-0.39, 0.29) is 0 Å². The molecule has 1 rings (SSSR count). The number of carbonyl (C=O) groups is 1. The Bertz CT molecular complexity index is 339. The van der Waals surface area contributed by atoms with Crippen LogP contribution in [0, 0.1) is 0 Å². The summed E-state index contributed by atoms with van der Waals surface area (Å²) in [6.45, 7) is 1.37. The van der Waals surface area contributed by atoms with Crippen LogP contribution in [-0.2, 0) is 10.3 Å². The van der Waals surface area contributed by atoms with Crippen LogP contribution in [0.25, 0.3) is 0 Å². The molecular weight excluding hydrogens is 192 g/mol. The van der Waals surface area contributed by atoms with Crippen LogP contribution in [0.1, 0.15) is 12.5 Å². The molecule has 0 spiro atoms. The van der Waals surface area contributed by atoms with Crippen molar-refractivity contribution in [2.24, 2.45) is 5.73 Å². The highest BCUT2D eigenvalue weighted by Gasteiger charge is 2.32. The van der Waals surface area contributed by atoms with E-state index >= 15 is 0 Å². The average Bonchev–Trinajstić information content (AvgIpc) is 2.04. The zero-order valence-corrected chi connectivity index (χ0v) is 7.75. The highest BCUT2D eigenvalue weighted by molar-refractivity contribution is 6.31. The fraction of sp³-hybridized carbons (Fsp3) is 0.250. The molecule has 0 saturated carbocycles. The number of hydrogen-bond donors (Lipinski definition) is 2. The molecule has 1 aromatic heterocycles. The number of pyridine rings is 1. The summed E-state index contributed by atoms with van der Waals surface area (Å²) in [6, 6.07) is 1.50. The summed E-state index contributed by atoms with van der Waals surface area (Å²) in [5.74, 6) is -1.14. The maximum atomic E-state index is 10.8. The Balaban J connectivity index is 3.22. The molecule has 0 bridgehead atoms. The highest BCUT2D eigenvalue weighted by Crippen LogP contribution is 2.24. The van der Waals surface area contributed by atoms with Gasteiger partial charge in [0.2, 0.25) is 0 Å². The maximum absolute atomic E-state index is 10.8. The van der Waals surface area contributed by atoms with Crippen LogP contribution in [-0.4, -0.2) is 16.1 Å². The van der Waals surface area contributed by atoms with Crippen LogP contribution in [0.5, 0.6) is 0 Å². The number of nitrogens with two attached hydrogens (primary N) is 1. The Hall–Kier alpha value is -1.13. The number of carboxylic acid groups (broad SMARTS) is 1. The molecule has 0 aliphatic heterocycles. The fourth-order valence-corrected chi connectivity index (χ4v) is 1.18. The molecule has 0 aliphatic carbocycles. The van der Waals surface area contributed by atoms with Gasteiger partial charge in [0.05, 0.1) is 0 Å². The van der Waals surface area contributed by atoms with Crippen molar-refractivity contribution in [2.45, 2.75) is 12.5 Å². The summed E-state index contributed by atoms with van der Waals surface area (Å²) in [5.41, 5.74) is 4.37.